The van der Waals surface area contributed by atoms with Crippen molar-refractivity contribution in [1.82, 2.24) is 10.4 Å². The van der Waals surface area contributed by atoms with Crippen molar-refractivity contribution < 1.29 is 18.5 Å². The molecule has 1 fully saturated rings. The van der Waals surface area contributed by atoms with Gasteiger partial charge in [0.1, 0.15) is 0 Å². The molecule has 0 aromatic rings. The molecule has 0 spiro atoms. The Morgan fingerprint density at radius 2 is 1.40 bits per heavy atom. The molecule has 1 N–H and O–H groups in total. The van der Waals surface area contributed by atoms with E-state index >= 15 is 0 Å². The standard InChI is InChI=1S/C18H39N2O4Si/c1-8-22-25(23-9-2,24-10-3)13-11-12-19-16-14-17(4,5)20(21)18(6,7)15-16/h16,19H,8-15H2,1-7H3. The minimum Gasteiger partial charge on any atom is -0.374 e. The molecule has 6 nitrogen and oxygen atoms in total. The van der Waals surface area contributed by atoms with E-state index in [1.165, 1.54) is 5.06 Å². The third-order valence-corrected chi connectivity index (χ3v) is 7.93. The number of piperidine rings is 1. The summed E-state index contributed by atoms with van der Waals surface area (Å²) in [5.41, 5.74) is -0.667. The first-order valence-electron chi connectivity index (χ1n) is 9.75. The van der Waals surface area contributed by atoms with Crippen LogP contribution in [0.1, 0.15) is 67.7 Å². The van der Waals surface area contributed by atoms with Crippen molar-refractivity contribution in [3.8, 4) is 0 Å². The summed E-state index contributed by atoms with van der Waals surface area (Å²) < 4.78 is 17.7. The van der Waals surface area contributed by atoms with Crippen LogP contribution in [0.25, 0.3) is 0 Å². The molecule has 0 atom stereocenters. The topological polar surface area (TPSA) is 62.9 Å². The highest BCUT2D eigenvalue weighted by molar-refractivity contribution is 6.60. The molecule has 1 heterocycles. The molecule has 1 saturated heterocycles. The van der Waals surface area contributed by atoms with Crippen LogP contribution in [0.15, 0.2) is 0 Å². The van der Waals surface area contributed by atoms with Gasteiger partial charge in [0.2, 0.25) is 0 Å². The molecule has 7 heteroatoms. The first-order chi connectivity index (χ1) is 11.6. The van der Waals surface area contributed by atoms with Gasteiger partial charge in [0.05, 0.1) is 0 Å². The number of rotatable bonds is 11. The average Bonchev–Trinajstić information content (AvgIpc) is 2.49. The van der Waals surface area contributed by atoms with Crippen molar-refractivity contribution in [2.24, 2.45) is 0 Å². The lowest BCUT2D eigenvalue weighted by atomic mass is 9.79. The van der Waals surface area contributed by atoms with Gasteiger partial charge in [0, 0.05) is 43.0 Å². The minimum absolute atomic E-state index is 0.333. The number of hydrogen-bond acceptors (Lipinski definition) is 5. The predicted molar refractivity (Wildman–Crippen MR) is 102 cm³/mol. The van der Waals surface area contributed by atoms with Crippen molar-refractivity contribution in [3.63, 3.8) is 0 Å². The van der Waals surface area contributed by atoms with Crippen LogP contribution in [-0.2, 0) is 18.5 Å². The van der Waals surface area contributed by atoms with Crippen molar-refractivity contribution >= 4 is 8.80 Å². The van der Waals surface area contributed by atoms with E-state index in [4.69, 9.17) is 13.3 Å². The zero-order chi connectivity index (χ0) is 19.1. The van der Waals surface area contributed by atoms with Gasteiger partial charge in [-0.3, -0.25) is 0 Å². The fourth-order valence-electron chi connectivity index (χ4n) is 4.02. The summed E-state index contributed by atoms with van der Waals surface area (Å²) in [6.07, 6.45) is 2.68. The second kappa shape index (κ2) is 9.78. The summed E-state index contributed by atoms with van der Waals surface area (Å²) in [7, 11) is -2.55. The highest BCUT2D eigenvalue weighted by atomic mass is 28.4. The number of nitrogens with one attached hydrogen (secondary N) is 1. The molecule has 0 aromatic heterocycles. The van der Waals surface area contributed by atoms with Crippen LogP contribution < -0.4 is 5.32 Å². The Morgan fingerprint density at radius 3 is 1.80 bits per heavy atom. The molecule has 25 heavy (non-hydrogen) atoms. The first kappa shape index (κ1) is 23.0. The molecule has 0 unspecified atom stereocenters. The van der Waals surface area contributed by atoms with E-state index in [1.54, 1.807) is 0 Å². The lowest BCUT2D eigenvalue weighted by molar-refractivity contribution is -0.290. The molecule has 149 valence electrons. The summed E-state index contributed by atoms with van der Waals surface area (Å²) in [5, 5.41) is 17.4. The smallest absolute Gasteiger partial charge is 0.374 e. The van der Waals surface area contributed by atoms with E-state index in [2.05, 4.69) is 5.32 Å². The quantitative estimate of drug-likeness (QED) is 0.443. The van der Waals surface area contributed by atoms with E-state index in [9.17, 15) is 5.21 Å². The maximum atomic E-state index is 12.4. The van der Waals surface area contributed by atoms with Gasteiger partial charge in [0.15, 0.2) is 0 Å². The normalized spacial score (nSPS) is 21.6. The summed E-state index contributed by atoms with van der Waals surface area (Å²) in [6, 6.07) is 1.18. The lowest BCUT2D eigenvalue weighted by Gasteiger charge is -2.50. The van der Waals surface area contributed by atoms with Crippen LogP contribution in [0, 0.1) is 0 Å². The largest absolute Gasteiger partial charge is 0.500 e. The Balaban J connectivity index is 2.52. The molecule has 0 amide bonds. The average molecular weight is 376 g/mol. The van der Waals surface area contributed by atoms with Crippen molar-refractivity contribution in [2.45, 2.75) is 90.9 Å². The van der Waals surface area contributed by atoms with Gasteiger partial charge in [-0.15, -0.1) is 10.3 Å². The molecular formula is C18H39N2O4Si. The zero-order valence-corrected chi connectivity index (χ0v) is 18.3. The number of hydrogen-bond donors (Lipinski definition) is 1. The van der Waals surface area contributed by atoms with E-state index in [0.29, 0.717) is 25.9 Å². The minimum atomic E-state index is -2.55. The highest BCUT2D eigenvalue weighted by Gasteiger charge is 2.46. The van der Waals surface area contributed by atoms with Crippen molar-refractivity contribution in [1.29, 1.82) is 0 Å². The molecule has 0 saturated carbocycles. The Morgan fingerprint density at radius 1 is 0.960 bits per heavy atom. The zero-order valence-electron chi connectivity index (χ0n) is 17.3. The van der Waals surface area contributed by atoms with Crippen LogP contribution in [0.5, 0.6) is 0 Å². The number of nitrogens with zero attached hydrogens (tertiary/aromatic N) is 1. The fourth-order valence-corrected chi connectivity index (χ4v) is 6.63. The Bertz CT molecular complexity index is 358. The SMILES string of the molecule is CCO[Si](CCCNC1CC(C)(C)N([O])C(C)(C)C1)(OCC)OCC. The van der Waals surface area contributed by atoms with Gasteiger partial charge >= 0.3 is 8.80 Å². The summed E-state index contributed by atoms with van der Waals surface area (Å²) in [6.45, 7) is 16.8. The third kappa shape index (κ3) is 6.57. The van der Waals surface area contributed by atoms with E-state index in [1.807, 2.05) is 48.5 Å². The van der Waals surface area contributed by atoms with Crippen LogP contribution in [0.3, 0.4) is 0 Å². The van der Waals surface area contributed by atoms with E-state index in [0.717, 1.165) is 31.9 Å². The molecule has 1 aliphatic rings. The van der Waals surface area contributed by atoms with E-state index in [-0.39, 0.29) is 11.1 Å². The Hall–Kier alpha value is -0.0231. The van der Waals surface area contributed by atoms with Crippen molar-refractivity contribution in [3.05, 3.63) is 0 Å². The van der Waals surface area contributed by atoms with Crippen LogP contribution in [0.4, 0.5) is 0 Å². The molecule has 0 aliphatic carbocycles. The Labute approximate surface area is 155 Å². The molecular weight excluding hydrogens is 336 g/mol. The van der Waals surface area contributed by atoms with Gasteiger partial charge < -0.3 is 18.6 Å². The monoisotopic (exact) mass is 375 g/mol. The second-order valence-electron chi connectivity index (χ2n) is 8.06. The van der Waals surface area contributed by atoms with Crippen LogP contribution in [-0.4, -0.2) is 57.4 Å². The molecule has 0 bridgehead atoms. The van der Waals surface area contributed by atoms with Crippen molar-refractivity contribution in [2.75, 3.05) is 26.4 Å². The van der Waals surface area contributed by atoms with Gasteiger partial charge in [-0.1, -0.05) is 0 Å². The van der Waals surface area contributed by atoms with Crippen LogP contribution >= 0.6 is 0 Å². The summed E-state index contributed by atoms with van der Waals surface area (Å²) >= 11 is 0. The molecule has 1 rings (SSSR count). The van der Waals surface area contributed by atoms with Gasteiger partial charge in [0.25, 0.3) is 0 Å². The number of hydroxylamine groups is 2. The maximum Gasteiger partial charge on any atom is 0.500 e. The Kier molecular flexibility index (Phi) is 9.00. The third-order valence-electron chi connectivity index (χ3n) is 4.78. The second-order valence-corrected chi connectivity index (χ2v) is 10.8. The molecule has 0 aromatic carbocycles. The fraction of sp³-hybridized carbons (Fsp3) is 1.00. The van der Waals surface area contributed by atoms with Crippen LogP contribution in [0.2, 0.25) is 6.04 Å². The van der Waals surface area contributed by atoms with Gasteiger partial charge in [-0.05, 0) is 74.3 Å². The first-order valence-corrected chi connectivity index (χ1v) is 11.7. The maximum absolute atomic E-state index is 12.4. The van der Waals surface area contributed by atoms with Gasteiger partial charge in [-0.2, -0.15) is 0 Å². The lowest BCUT2D eigenvalue weighted by Crippen LogP contribution is -2.62. The highest BCUT2D eigenvalue weighted by Crippen LogP contribution is 2.37. The molecule has 1 radical (unpaired) electrons. The van der Waals surface area contributed by atoms with E-state index < -0.39 is 8.80 Å². The summed E-state index contributed by atoms with van der Waals surface area (Å²) in [4.78, 5) is 0. The predicted octanol–water partition coefficient (Wildman–Crippen LogP) is 3.38. The van der Waals surface area contributed by atoms with Gasteiger partial charge in [-0.25, -0.2) is 0 Å². The molecule has 1 aliphatic heterocycles. The summed E-state index contributed by atoms with van der Waals surface area (Å²) in [5.74, 6) is 0.